The molecule has 0 radical (unpaired) electrons. The Hall–Kier alpha value is -1.02. The minimum absolute atomic E-state index is 0.423. The smallest absolute Gasteiger partial charge is 0.0369 e. The van der Waals surface area contributed by atoms with Gasteiger partial charge >= 0.3 is 0 Å². The van der Waals surface area contributed by atoms with Crippen molar-refractivity contribution in [3.63, 3.8) is 0 Å². The third kappa shape index (κ3) is 3.01. The Kier molecular flexibility index (Phi) is 3.43. The quantitative estimate of drug-likeness (QED) is 0.862. The standard InChI is InChI=1S/C15H24N2/c1-12-7-13(2)9-14(8-12)17(4)11-15(3)5-6-16-10-15/h7-9,16H,5-6,10-11H2,1-4H3. The van der Waals surface area contributed by atoms with Crippen molar-refractivity contribution in [2.45, 2.75) is 27.2 Å². The van der Waals surface area contributed by atoms with E-state index >= 15 is 0 Å². The molecule has 1 unspecified atom stereocenters. The van der Waals surface area contributed by atoms with E-state index in [2.05, 4.69) is 56.2 Å². The van der Waals surface area contributed by atoms with Gasteiger partial charge in [-0.2, -0.15) is 0 Å². The monoisotopic (exact) mass is 232 g/mol. The van der Waals surface area contributed by atoms with Crippen LogP contribution in [0.15, 0.2) is 18.2 Å². The van der Waals surface area contributed by atoms with Gasteiger partial charge in [0.2, 0.25) is 0 Å². The van der Waals surface area contributed by atoms with Gasteiger partial charge in [0, 0.05) is 25.8 Å². The molecule has 1 aliphatic rings. The molecule has 2 heteroatoms. The number of nitrogens with zero attached hydrogens (tertiary/aromatic N) is 1. The fourth-order valence-electron chi connectivity index (χ4n) is 2.84. The Bertz CT molecular complexity index is 372. The lowest BCUT2D eigenvalue weighted by Crippen LogP contribution is -2.35. The molecule has 0 amide bonds. The van der Waals surface area contributed by atoms with Crippen LogP contribution >= 0.6 is 0 Å². The Morgan fingerprint density at radius 2 is 1.88 bits per heavy atom. The SMILES string of the molecule is Cc1cc(C)cc(N(C)CC2(C)CCNC2)c1. The van der Waals surface area contributed by atoms with E-state index in [1.165, 1.54) is 23.2 Å². The van der Waals surface area contributed by atoms with E-state index in [0.29, 0.717) is 5.41 Å². The van der Waals surface area contributed by atoms with E-state index in [-0.39, 0.29) is 0 Å². The fourth-order valence-corrected chi connectivity index (χ4v) is 2.84. The van der Waals surface area contributed by atoms with Gasteiger partial charge in [-0.1, -0.05) is 13.0 Å². The summed E-state index contributed by atoms with van der Waals surface area (Å²) in [6, 6.07) is 6.79. The number of hydrogen-bond donors (Lipinski definition) is 1. The third-order valence-electron chi connectivity index (χ3n) is 3.72. The maximum absolute atomic E-state index is 3.47. The van der Waals surface area contributed by atoms with Crippen LogP contribution in [0.1, 0.15) is 24.5 Å². The van der Waals surface area contributed by atoms with E-state index in [4.69, 9.17) is 0 Å². The molecule has 1 saturated heterocycles. The van der Waals surface area contributed by atoms with Crippen LogP contribution in [0.4, 0.5) is 5.69 Å². The molecule has 1 fully saturated rings. The normalized spacial score (nSPS) is 24.0. The molecule has 94 valence electrons. The first-order chi connectivity index (χ1) is 7.98. The number of benzene rings is 1. The van der Waals surface area contributed by atoms with E-state index in [1.807, 2.05) is 0 Å². The van der Waals surface area contributed by atoms with Crippen LogP contribution in [0.5, 0.6) is 0 Å². The highest BCUT2D eigenvalue weighted by molar-refractivity contribution is 5.50. The number of hydrogen-bond acceptors (Lipinski definition) is 2. The van der Waals surface area contributed by atoms with E-state index < -0.39 is 0 Å². The van der Waals surface area contributed by atoms with Crippen molar-refractivity contribution in [3.05, 3.63) is 29.3 Å². The molecule has 0 bridgehead atoms. The van der Waals surface area contributed by atoms with Crippen molar-refractivity contribution in [3.8, 4) is 0 Å². The van der Waals surface area contributed by atoms with Crippen molar-refractivity contribution < 1.29 is 0 Å². The molecule has 1 heterocycles. The lowest BCUT2D eigenvalue weighted by Gasteiger charge is -2.31. The Labute approximate surface area is 105 Å². The summed E-state index contributed by atoms with van der Waals surface area (Å²) in [6.45, 7) is 10.2. The zero-order valence-corrected chi connectivity index (χ0v) is 11.5. The van der Waals surface area contributed by atoms with Crippen LogP contribution in [0.2, 0.25) is 0 Å². The fraction of sp³-hybridized carbons (Fsp3) is 0.600. The number of anilines is 1. The van der Waals surface area contributed by atoms with Gasteiger partial charge < -0.3 is 10.2 Å². The topological polar surface area (TPSA) is 15.3 Å². The van der Waals surface area contributed by atoms with E-state index in [1.54, 1.807) is 0 Å². The maximum atomic E-state index is 3.47. The summed E-state index contributed by atoms with van der Waals surface area (Å²) < 4.78 is 0. The van der Waals surface area contributed by atoms with Gasteiger partial charge in [0.25, 0.3) is 0 Å². The first-order valence-electron chi connectivity index (χ1n) is 6.49. The molecule has 1 aromatic rings. The summed E-state index contributed by atoms with van der Waals surface area (Å²) in [5.74, 6) is 0. The van der Waals surface area contributed by atoms with Gasteiger partial charge in [0.05, 0.1) is 0 Å². The van der Waals surface area contributed by atoms with Crippen LogP contribution in [0.3, 0.4) is 0 Å². The van der Waals surface area contributed by atoms with Crippen LogP contribution in [0.25, 0.3) is 0 Å². The van der Waals surface area contributed by atoms with Gasteiger partial charge in [-0.05, 0) is 55.5 Å². The summed E-state index contributed by atoms with van der Waals surface area (Å²) in [4.78, 5) is 2.40. The average Bonchev–Trinajstić information content (AvgIpc) is 2.63. The number of rotatable bonds is 3. The van der Waals surface area contributed by atoms with Crippen LogP contribution in [0, 0.1) is 19.3 Å². The van der Waals surface area contributed by atoms with Gasteiger partial charge in [0.15, 0.2) is 0 Å². The van der Waals surface area contributed by atoms with Crippen LogP contribution in [-0.4, -0.2) is 26.7 Å². The van der Waals surface area contributed by atoms with Gasteiger partial charge in [-0.25, -0.2) is 0 Å². The predicted molar refractivity (Wildman–Crippen MR) is 74.8 cm³/mol. The summed E-state index contributed by atoms with van der Waals surface area (Å²) in [6.07, 6.45) is 1.28. The summed E-state index contributed by atoms with van der Waals surface area (Å²) in [7, 11) is 2.21. The van der Waals surface area contributed by atoms with Gasteiger partial charge in [-0.15, -0.1) is 0 Å². The van der Waals surface area contributed by atoms with E-state index in [0.717, 1.165) is 19.6 Å². The highest BCUT2D eigenvalue weighted by Crippen LogP contribution is 2.28. The molecule has 1 N–H and O–H groups in total. The minimum atomic E-state index is 0.423. The molecule has 17 heavy (non-hydrogen) atoms. The molecule has 1 atom stereocenters. The summed E-state index contributed by atoms with van der Waals surface area (Å²) in [5, 5.41) is 3.47. The minimum Gasteiger partial charge on any atom is -0.374 e. The second-order valence-corrected chi connectivity index (χ2v) is 5.94. The Morgan fingerprint density at radius 3 is 2.41 bits per heavy atom. The highest BCUT2D eigenvalue weighted by atomic mass is 15.1. The second kappa shape index (κ2) is 4.69. The first kappa shape index (κ1) is 12.4. The lowest BCUT2D eigenvalue weighted by molar-refractivity contribution is 0.371. The molecule has 0 spiro atoms. The van der Waals surface area contributed by atoms with Crippen molar-refractivity contribution in [1.82, 2.24) is 5.32 Å². The lowest BCUT2D eigenvalue weighted by atomic mass is 9.89. The van der Waals surface area contributed by atoms with Crippen LogP contribution < -0.4 is 10.2 Å². The van der Waals surface area contributed by atoms with Crippen molar-refractivity contribution >= 4 is 5.69 Å². The molecule has 0 aliphatic carbocycles. The molecule has 0 saturated carbocycles. The van der Waals surface area contributed by atoms with Gasteiger partial charge in [0.1, 0.15) is 0 Å². The molecule has 1 aromatic carbocycles. The summed E-state index contributed by atoms with van der Waals surface area (Å²) >= 11 is 0. The third-order valence-corrected chi connectivity index (χ3v) is 3.72. The molecular formula is C15H24N2. The highest BCUT2D eigenvalue weighted by Gasteiger charge is 2.29. The maximum Gasteiger partial charge on any atom is 0.0369 e. The zero-order valence-electron chi connectivity index (χ0n) is 11.5. The molecule has 2 rings (SSSR count). The molecule has 1 aliphatic heterocycles. The van der Waals surface area contributed by atoms with Gasteiger partial charge in [-0.3, -0.25) is 0 Å². The van der Waals surface area contributed by atoms with E-state index in [9.17, 15) is 0 Å². The number of nitrogens with one attached hydrogen (secondary N) is 1. The average molecular weight is 232 g/mol. The largest absolute Gasteiger partial charge is 0.374 e. The molecule has 0 aromatic heterocycles. The molecular weight excluding hydrogens is 208 g/mol. The van der Waals surface area contributed by atoms with Crippen molar-refractivity contribution in [2.24, 2.45) is 5.41 Å². The predicted octanol–water partition coefficient (Wildman–Crippen LogP) is 2.74. The second-order valence-electron chi connectivity index (χ2n) is 5.94. The first-order valence-corrected chi connectivity index (χ1v) is 6.49. The Balaban J connectivity index is 2.11. The van der Waals surface area contributed by atoms with Crippen molar-refractivity contribution in [2.75, 3.05) is 31.6 Å². The zero-order chi connectivity index (χ0) is 12.5. The Morgan fingerprint density at radius 1 is 1.24 bits per heavy atom. The number of aryl methyl sites for hydroxylation is 2. The van der Waals surface area contributed by atoms with Crippen molar-refractivity contribution in [1.29, 1.82) is 0 Å². The summed E-state index contributed by atoms with van der Waals surface area (Å²) in [5.41, 5.74) is 4.46. The van der Waals surface area contributed by atoms with Crippen LogP contribution in [-0.2, 0) is 0 Å². The molecule has 2 nitrogen and oxygen atoms in total.